The Morgan fingerprint density at radius 3 is 2.45 bits per heavy atom. The number of ether oxygens (including phenoxy) is 1. The molecule has 31 heavy (non-hydrogen) atoms. The third-order valence-electron chi connectivity index (χ3n) is 6.06. The molecule has 3 amide bonds. The molecule has 0 bridgehead atoms. The maximum absolute atomic E-state index is 13.0. The molecular formula is C24H27N3O4. The maximum atomic E-state index is 13.0. The number of rotatable bonds is 5. The first-order chi connectivity index (χ1) is 15.0. The van der Waals surface area contributed by atoms with Crippen molar-refractivity contribution in [2.24, 2.45) is 11.8 Å². The third kappa shape index (κ3) is 4.71. The Balaban J connectivity index is 1.30. The molecule has 2 aromatic rings. The summed E-state index contributed by atoms with van der Waals surface area (Å²) < 4.78 is 5.19. The van der Waals surface area contributed by atoms with Crippen molar-refractivity contribution in [1.82, 2.24) is 4.90 Å². The van der Waals surface area contributed by atoms with Crippen LogP contribution in [0.3, 0.4) is 0 Å². The first kappa shape index (κ1) is 20.9. The second kappa shape index (κ2) is 9.20. The highest BCUT2D eigenvalue weighted by atomic mass is 16.5. The molecule has 2 aromatic carbocycles. The molecule has 162 valence electrons. The fourth-order valence-electron chi connectivity index (χ4n) is 4.30. The highest BCUT2D eigenvalue weighted by molar-refractivity contribution is 6.00. The van der Waals surface area contributed by atoms with Crippen LogP contribution in [-0.2, 0) is 14.4 Å². The van der Waals surface area contributed by atoms with E-state index in [1.807, 2.05) is 53.4 Å². The van der Waals surface area contributed by atoms with E-state index in [4.69, 9.17) is 4.74 Å². The third-order valence-corrected chi connectivity index (χ3v) is 6.06. The highest BCUT2D eigenvalue weighted by Crippen LogP contribution is 2.28. The van der Waals surface area contributed by atoms with Gasteiger partial charge < -0.3 is 19.9 Å². The van der Waals surface area contributed by atoms with Crippen LogP contribution in [0.5, 0.6) is 5.75 Å². The summed E-state index contributed by atoms with van der Waals surface area (Å²) >= 11 is 0. The normalized spacial score (nSPS) is 19.4. The molecule has 0 aromatic heterocycles. The molecule has 4 rings (SSSR count). The SMILES string of the molecule is COc1cccc(NC(=O)C2CCN(C(=O)C3CC(=O)N(c4ccccc4)C3)CC2)c1. The molecule has 0 spiro atoms. The van der Waals surface area contributed by atoms with Crippen molar-refractivity contribution >= 4 is 29.1 Å². The van der Waals surface area contributed by atoms with Gasteiger partial charge in [-0.05, 0) is 37.1 Å². The number of amides is 3. The van der Waals surface area contributed by atoms with Crippen molar-refractivity contribution in [3.8, 4) is 5.75 Å². The average molecular weight is 421 g/mol. The number of carbonyl (C=O) groups excluding carboxylic acids is 3. The second-order valence-electron chi connectivity index (χ2n) is 8.06. The number of hydrogen-bond acceptors (Lipinski definition) is 4. The number of piperidine rings is 1. The molecule has 0 aliphatic carbocycles. The smallest absolute Gasteiger partial charge is 0.228 e. The van der Waals surface area contributed by atoms with Crippen molar-refractivity contribution in [3.05, 3.63) is 54.6 Å². The molecule has 1 N–H and O–H groups in total. The number of hydrogen-bond donors (Lipinski definition) is 1. The number of nitrogens with one attached hydrogen (secondary N) is 1. The van der Waals surface area contributed by atoms with Crippen LogP contribution in [-0.4, -0.2) is 49.4 Å². The Morgan fingerprint density at radius 1 is 1.00 bits per heavy atom. The predicted molar refractivity (Wildman–Crippen MR) is 118 cm³/mol. The van der Waals surface area contributed by atoms with Gasteiger partial charge in [0.1, 0.15) is 5.75 Å². The lowest BCUT2D eigenvalue weighted by Crippen LogP contribution is -2.44. The minimum absolute atomic E-state index is 0.0124. The minimum Gasteiger partial charge on any atom is -0.497 e. The molecule has 0 saturated carbocycles. The van der Waals surface area contributed by atoms with E-state index in [9.17, 15) is 14.4 Å². The molecule has 2 aliphatic heterocycles. The lowest BCUT2D eigenvalue weighted by molar-refractivity contribution is -0.138. The van der Waals surface area contributed by atoms with Crippen LogP contribution in [0.2, 0.25) is 0 Å². The molecule has 0 radical (unpaired) electrons. The van der Waals surface area contributed by atoms with Crippen molar-refractivity contribution in [2.45, 2.75) is 19.3 Å². The van der Waals surface area contributed by atoms with E-state index in [0.29, 0.717) is 43.9 Å². The first-order valence-electron chi connectivity index (χ1n) is 10.6. The summed E-state index contributed by atoms with van der Waals surface area (Å²) in [5.41, 5.74) is 1.53. The minimum atomic E-state index is -0.324. The van der Waals surface area contributed by atoms with Gasteiger partial charge in [-0.1, -0.05) is 24.3 Å². The van der Waals surface area contributed by atoms with E-state index in [2.05, 4.69) is 5.32 Å². The topological polar surface area (TPSA) is 79.0 Å². The van der Waals surface area contributed by atoms with Gasteiger partial charge in [0.05, 0.1) is 13.0 Å². The number of para-hydroxylation sites is 1. The Bertz CT molecular complexity index is 954. The van der Waals surface area contributed by atoms with Crippen molar-refractivity contribution < 1.29 is 19.1 Å². The van der Waals surface area contributed by atoms with E-state index in [1.54, 1.807) is 18.1 Å². The predicted octanol–water partition coefficient (Wildman–Crippen LogP) is 2.93. The van der Waals surface area contributed by atoms with Crippen molar-refractivity contribution in [2.75, 3.05) is 37.0 Å². The zero-order valence-electron chi connectivity index (χ0n) is 17.6. The summed E-state index contributed by atoms with van der Waals surface area (Å²) in [6.07, 6.45) is 1.47. The number of benzene rings is 2. The van der Waals surface area contributed by atoms with E-state index in [1.165, 1.54) is 0 Å². The van der Waals surface area contributed by atoms with E-state index < -0.39 is 0 Å². The molecule has 2 heterocycles. The Labute approximate surface area is 182 Å². The molecular weight excluding hydrogens is 394 g/mol. The van der Waals surface area contributed by atoms with Crippen molar-refractivity contribution in [3.63, 3.8) is 0 Å². The summed E-state index contributed by atoms with van der Waals surface area (Å²) in [6, 6.07) is 16.7. The molecule has 1 unspecified atom stereocenters. The number of methoxy groups -OCH3 is 1. The largest absolute Gasteiger partial charge is 0.497 e. The fraction of sp³-hybridized carbons (Fsp3) is 0.375. The van der Waals surface area contributed by atoms with Crippen LogP contribution in [0.4, 0.5) is 11.4 Å². The second-order valence-corrected chi connectivity index (χ2v) is 8.06. The van der Waals surface area contributed by atoms with E-state index in [-0.39, 0.29) is 36.0 Å². The van der Waals surface area contributed by atoms with Crippen molar-refractivity contribution in [1.29, 1.82) is 0 Å². The van der Waals surface area contributed by atoms with Gasteiger partial charge in [0.25, 0.3) is 0 Å². The summed E-state index contributed by atoms with van der Waals surface area (Å²) in [4.78, 5) is 41.6. The average Bonchev–Trinajstić information content (AvgIpc) is 3.21. The zero-order valence-corrected chi connectivity index (χ0v) is 17.6. The van der Waals surface area contributed by atoms with Crippen LogP contribution in [0, 0.1) is 11.8 Å². The van der Waals surface area contributed by atoms with Gasteiger partial charge in [-0.2, -0.15) is 0 Å². The molecule has 7 nitrogen and oxygen atoms in total. The van der Waals surface area contributed by atoms with Gasteiger partial charge in [0.2, 0.25) is 17.7 Å². The number of anilines is 2. The van der Waals surface area contributed by atoms with E-state index in [0.717, 1.165) is 5.69 Å². The van der Waals surface area contributed by atoms with Crippen LogP contribution in [0.25, 0.3) is 0 Å². The monoisotopic (exact) mass is 421 g/mol. The lowest BCUT2D eigenvalue weighted by Gasteiger charge is -2.33. The first-order valence-corrected chi connectivity index (χ1v) is 10.6. The summed E-state index contributed by atoms with van der Waals surface area (Å²) in [5, 5.41) is 2.94. The quantitative estimate of drug-likeness (QED) is 0.805. The van der Waals surface area contributed by atoms with Gasteiger partial charge in [0.15, 0.2) is 0 Å². The number of nitrogens with zero attached hydrogens (tertiary/aromatic N) is 2. The van der Waals surface area contributed by atoms with Gasteiger partial charge >= 0.3 is 0 Å². The Hall–Kier alpha value is -3.35. The molecule has 2 aliphatic rings. The van der Waals surface area contributed by atoms with Crippen LogP contribution in [0.1, 0.15) is 19.3 Å². The van der Waals surface area contributed by atoms with Crippen LogP contribution in [0.15, 0.2) is 54.6 Å². The summed E-state index contributed by atoms with van der Waals surface area (Å²) in [7, 11) is 1.59. The van der Waals surface area contributed by atoms with E-state index >= 15 is 0 Å². The van der Waals surface area contributed by atoms with Gasteiger partial charge in [-0.3, -0.25) is 14.4 Å². The molecule has 2 saturated heterocycles. The van der Waals surface area contributed by atoms with Crippen LogP contribution < -0.4 is 15.0 Å². The van der Waals surface area contributed by atoms with Gasteiger partial charge in [-0.15, -0.1) is 0 Å². The molecule has 7 heteroatoms. The zero-order chi connectivity index (χ0) is 21.8. The fourth-order valence-corrected chi connectivity index (χ4v) is 4.30. The Morgan fingerprint density at radius 2 is 1.74 bits per heavy atom. The van der Waals surface area contributed by atoms with Crippen LogP contribution >= 0.6 is 0 Å². The van der Waals surface area contributed by atoms with Gasteiger partial charge in [0, 0.05) is 49.4 Å². The summed E-state index contributed by atoms with van der Waals surface area (Å²) in [6.45, 7) is 1.48. The number of likely N-dealkylation sites (tertiary alicyclic amines) is 1. The number of carbonyl (C=O) groups is 3. The lowest BCUT2D eigenvalue weighted by atomic mass is 9.94. The molecule has 2 fully saturated rings. The highest BCUT2D eigenvalue weighted by Gasteiger charge is 2.38. The standard InChI is InChI=1S/C24H27N3O4/c1-31-21-9-5-6-19(15-21)25-23(29)17-10-12-26(13-11-17)24(30)18-14-22(28)27(16-18)20-7-3-2-4-8-20/h2-9,15,17-18H,10-14,16H2,1H3,(H,25,29). The van der Waals surface area contributed by atoms with Gasteiger partial charge in [-0.25, -0.2) is 0 Å². The molecule has 1 atom stereocenters. The summed E-state index contributed by atoms with van der Waals surface area (Å²) in [5.74, 6) is 0.187. The maximum Gasteiger partial charge on any atom is 0.228 e. The Kier molecular flexibility index (Phi) is 6.21.